The Hall–Kier alpha value is -2.64. The summed E-state index contributed by atoms with van der Waals surface area (Å²) < 4.78 is 3.01. The second kappa shape index (κ2) is 6.70. The van der Waals surface area contributed by atoms with Crippen molar-refractivity contribution in [3.8, 4) is 12.3 Å². The van der Waals surface area contributed by atoms with E-state index in [1.807, 2.05) is 41.0 Å². The second-order valence-electron chi connectivity index (χ2n) is 6.25. The lowest BCUT2D eigenvalue weighted by Gasteiger charge is -2.15. The first kappa shape index (κ1) is 15.9. The van der Waals surface area contributed by atoms with Crippen molar-refractivity contribution in [3.05, 3.63) is 64.0 Å². The molecule has 2 aromatic carbocycles. The number of hydrogen-bond donors (Lipinski definition) is 0. The standard InChI is InChI=1S/C21H18N2OS/c1-2-13-23-18-9-5-6-10-19(18)25-21(23)22-20(24)17-12-11-15-7-3-4-8-16(15)14-17/h1,5-6,9-12,14H,3-4,7-8,13H2. The van der Waals surface area contributed by atoms with Gasteiger partial charge in [0.1, 0.15) is 0 Å². The van der Waals surface area contributed by atoms with Crippen molar-refractivity contribution in [2.45, 2.75) is 32.2 Å². The molecular weight excluding hydrogens is 328 g/mol. The first-order valence-electron chi connectivity index (χ1n) is 8.49. The highest BCUT2D eigenvalue weighted by atomic mass is 32.1. The first-order valence-corrected chi connectivity index (χ1v) is 9.30. The Balaban J connectivity index is 1.78. The molecule has 1 heterocycles. The zero-order chi connectivity index (χ0) is 17.2. The minimum Gasteiger partial charge on any atom is -0.305 e. The summed E-state index contributed by atoms with van der Waals surface area (Å²) in [4.78, 5) is 17.7. The van der Waals surface area contributed by atoms with Gasteiger partial charge in [-0.3, -0.25) is 4.79 Å². The van der Waals surface area contributed by atoms with Gasteiger partial charge in [-0.05, 0) is 61.1 Å². The zero-order valence-corrected chi connectivity index (χ0v) is 14.7. The number of aryl methyl sites for hydroxylation is 2. The zero-order valence-electron chi connectivity index (χ0n) is 13.9. The molecule has 0 spiro atoms. The van der Waals surface area contributed by atoms with Gasteiger partial charge in [-0.15, -0.1) is 6.42 Å². The highest BCUT2D eigenvalue weighted by molar-refractivity contribution is 7.16. The van der Waals surface area contributed by atoms with E-state index < -0.39 is 0 Å². The van der Waals surface area contributed by atoms with E-state index in [4.69, 9.17) is 6.42 Å². The van der Waals surface area contributed by atoms with Crippen LogP contribution in [0, 0.1) is 12.3 Å². The number of benzene rings is 2. The van der Waals surface area contributed by atoms with Crippen LogP contribution in [-0.2, 0) is 19.4 Å². The van der Waals surface area contributed by atoms with Crippen LogP contribution in [0.1, 0.15) is 34.3 Å². The molecule has 1 aliphatic rings. The molecule has 0 atom stereocenters. The van der Waals surface area contributed by atoms with Gasteiger partial charge in [-0.25, -0.2) is 0 Å². The average molecular weight is 346 g/mol. The Morgan fingerprint density at radius 3 is 2.80 bits per heavy atom. The number of hydrogen-bond acceptors (Lipinski definition) is 2. The maximum absolute atomic E-state index is 12.7. The Kier molecular flexibility index (Phi) is 4.25. The van der Waals surface area contributed by atoms with E-state index in [1.54, 1.807) is 0 Å². The molecule has 25 heavy (non-hydrogen) atoms. The molecule has 0 fully saturated rings. The van der Waals surface area contributed by atoms with Gasteiger partial charge in [0.15, 0.2) is 4.80 Å². The third kappa shape index (κ3) is 3.04. The van der Waals surface area contributed by atoms with E-state index in [0.717, 1.165) is 23.1 Å². The van der Waals surface area contributed by atoms with Gasteiger partial charge >= 0.3 is 0 Å². The summed E-state index contributed by atoms with van der Waals surface area (Å²) in [6, 6.07) is 14.0. The number of fused-ring (bicyclic) bond motifs is 2. The van der Waals surface area contributed by atoms with Gasteiger partial charge in [0.2, 0.25) is 0 Å². The van der Waals surface area contributed by atoms with Crippen LogP contribution < -0.4 is 4.80 Å². The van der Waals surface area contributed by atoms with E-state index in [-0.39, 0.29) is 5.91 Å². The lowest BCUT2D eigenvalue weighted by atomic mass is 9.90. The largest absolute Gasteiger partial charge is 0.305 e. The summed E-state index contributed by atoms with van der Waals surface area (Å²) in [7, 11) is 0. The predicted octanol–water partition coefficient (Wildman–Crippen LogP) is 3.96. The minimum absolute atomic E-state index is 0.203. The van der Waals surface area contributed by atoms with E-state index in [2.05, 4.69) is 17.0 Å². The van der Waals surface area contributed by atoms with Crippen LogP contribution in [-0.4, -0.2) is 10.5 Å². The van der Waals surface area contributed by atoms with Gasteiger partial charge in [0, 0.05) is 5.56 Å². The van der Waals surface area contributed by atoms with Crippen molar-refractivity contribution in [2.75, 3.05) is 0 Å². The number of rotatable bonds is 2. The highest BCUT2D eigenvalue weighted by Crippen LogP contribution is 2.22. The molecular formula is C21H18N2OS. The Labute approximate surface area is 150 Å². The number of terminal acetylenes is 1. The fraction of sp³-hybridized carbons (Fsp3) is 0.238. The molecule has 0 unspecified atom stereocenters. The molecule has 0 radical (unpaired) electrons. The minimum atomic E-state index is -0.203. The van der Waals surface area contributed by atoms with Crippen LogP contribution >= 0.6 is 11.3 Å². The topological polar surface area (TPSA) is 34.4 Å². The number of aromatic nitrogens is 1. The third-order valence-corrected chi connectivity index (χ3v) is 5.69. The Bertz CT molecular complexity index is 1070. The first-order chi connectivity index (χ1) is 12.3. The molecule has 0 aliphatic heterocycles. The monoisotopic (exact) mass is 346 g/mol. The molecule has 0 saturated heterocycles. The quantitative estimate of drug-likeness (QED) is 0.647. The van der Waals surface area contributed by atoms with Crippen LogP contribution in [0.5, 0.6) is 0 Å². The number of nitrogens with zero attached hydrogens (tertiary/aromatic N) is 2. The normalized spacial score (nSPS) is 14.3. The lowest BCUT2D eigenvalue weighted by molar-refractivity contribution is 0.0998. The van der Waals surface area contributed by atoms with Crippen molar-refractivity contribution in [1.82, 2.24) is 4.57 Å². The molecule has 1 aliphatic carbocycles. The molecule has 0 bridgehead atoms. The van der Waals surface area contributed by atoms with Crippen LogP contribution in [0.3, 0.4) is 0 Å². The van der Waals surface area contributed by atoms with Crippen LogP contribution in [0.15, 0.2) is 47.5 Å². The Morgan fingerprint density at radius 2 is 1.96 bits per heavy atom. The number of amides is 1. The van der Waals surface area contributed by atoms with Gasteiger partial charge in [-0.1, -0.05) is 35.5 Å². The number of carbonyl (C=O) groups excluding carboxylic acids is 1. The summed E-state index contributed by atoms with van der Waals surface area (Å²) >= 11 is 1.50. The maximum atomic E-state index is 12.7. The van der Waals surface area contributed by atoms with Crippen molar-refractivity contribution in [3.63, 3.8) is 0 Å². The van der Waals surface area contributed by atoms with Crippen LogP contribution in [0.25, 0.3) is 10.2 Å². The van der Waals surface area contributed by atoms with E-state index >= 15 is 0 Å². The fourth-order valence-electron chi connectivity index (χ4n) is 3.37. The third-order valence-electron chi connectivity index (χ3n) is 4.63. The van der Waals surface area contributed by atoms with Gasteiger partial charge in [0.25, 0.3) is 5.91 Å². The molecule has 1 amide bonds. The summed E-state index contributed by atoms with van der Waals surface area (Å²) in [6.45, 7) is 0.403. The van der Waals surface area contributed by atoms with Gasteiger partial charge in [0.05, 0.1) is 16.8 Å². The predicted molar refractivity (Wildman–Crippen MR) is 102 cm³/mol. The fourth-order valence-corrected chi connectivity index (χ4v) is 4.40. The molecule has 0 N–H and O–H groups in total. The number of carbonyl (C=O) groups is 1. The van der Waals surface area contributed by atoms with Gasteiger partial charge in [-0.2, -0.15) is 4.99 Å². The van der Waals surface area contributed by atoms with Crippen LogP contribution in [0.4, 0.5) is 0 Å². The maximum Gasteiger partial charge on any atom is 0.279 e. The molecule has 3 aromatic rings. The summed E-state index contributed by atoms with van der Waals surface area (Å²) in [5.41, 5.74) is 4.33. The second-order valence-corrected chi connectivity index (χ2v) is 7.26. The number of thiazole rings is 1. The van der Waals surface area contributed by atoms with Crippen LogP contribution in [0.2, 0.25) is 0 Å². The summed E-state index contributed by atoms with van der Waals surface area (Å²) in [6.07, 6.45) is 10.1. The molecule has 4 heteroatoms. The van der Waals surface area contributed by atoms with E-state index in [0.29, 0.717) is 16.9 Å². The molecule has 3 nitrogen and oxygen atoms in total. The highest BCUT2D eigenvalue weighted by Gasteiger charge is 2.13. The number of para-hydroxylation sites is 1. The average Bonchev–Trinajstić information content (AvgIpc) is 2.99. The molecule has 4 rings (SSSR count). The van der Waals surface area contributed by atoms with Crippen molar-refractivity contribution >= 4 is 27.5 Å². The molecule has 1 aromatic heterocycles. The molecule has 124 valence electrons. The SMILES string of the molecule is C#CCn1c(=NC(=O)c2ccc3c(c2)CCCC3)sc2ccccc21. The van der Waals surface area contributed by atoms with E-state index in [9.17, 15) is 4.79 Å². The van der Waals surface area contributed by atoms with Crippen molar-refractivity contribution in [2.24, 2.45) is 4.99 Å². The van der Waals surface area contributed by atoms with Crippen molar-refractivity contribution in [1.29, 1.82) is 0 Å². The van der Waals surface area contributed by atoms with Crippen molar-refractivity contribution < 1.29 is 4.79 Å². The molecule has 0 saturated carbocycles. The lowest BCUT2D eigenvalue weighted by Crippen LogP contribution is -2.16. The summed E-state index contributed by atoms with van der Waals surface area (Å²) in [5, 5.41) is 0. The van der Waals surface area contributed by atoms with E-state index in [1.165, 1.54) is 35.3 Å². The summed E-state index contributed by atoms with van der Waals surface area (Å²) in [5.74, 6) is 2.45. The Morgan fingerprint density at radius 1 is 1.16 bits per heavy atom. The smallest absolute Gasteiger partial charge is 0.279 e. The van der Waals surface area contributed by atoms with Gasteiger partial charge < -0.3 is 4.57 Å².